The Kier molecular flexibility index (Phi) is 3.62. The number of rotatable bonds is 3. The summed E-state index contributed by atoms with van der Waals surface area (Å²) in [7, 11) is 0. The van der Waals surface area contributed by atoms with Crippen molar-refractivity contribution in [3.63, 3.8) is 0 Å². The van der Waals surface area contributed by atoms with Crippen molar-refractivity contribution >= 4 is 17.9 Å². The summed E-state index contributed by atoms with van der Waals surface area (Å²) in [4.78, 5) is 15.8. The van der Waals surface area contributed by atoms with Gasteiger partial charge in [-0.3, -0.25) is 15.1 Å². The van der Waals surface area contributed by atoms with Crippen LogP contribution in [0.3, 0.4) is 0 Å². The molecule has 94 valence electrons. The van der Waals surface area contributed by atoms with Crippen molar-refractivity contribution in [2.24, 2.45) is 4.99 Å². The van der Waals surface area contributed by atoms with E-state index in [0.29, 0.717) is 18.2 Å². The summed E-state index contributed by atoms with van der Waals surface area (Å²) in [5.41, 5.74) is 1.29. The number of hydrogen-bond donors (Lipinski definition) is 3. The normalized spacial score (nSPS) is 19.1. The van der Waals surface area contributed by atoms with Crippen molar-refractivity contribution in [2.45, 2.75) is 13.3 Å². The first kappa shape index (κ1) is 12.2. The number of hydrogen-bond acceptors (Lipinski definition) is 3. The third-order valence-corrected chi connectivity index (χ3v) is 2.43. The summed E-state index contributed by atoms with van der Waals surface area (Å²) >= 11 is 0. The number of benzene rings is 1. The van der Waals surface area contributed by atoms with Gasteiger partial charge in [0.15, 0.2) is 0 Å². The highest BCUT2D eigenvalue weighted by Gasteiger charge is 2.21. The van der Waals surface area contributed by atoms with Gasteiger partial charge in [0.25, 0.3) is 5.91 Å². The van der Waals surface area contributed by atoms with Crippen molar-refractivity contribution in [1.29, 1.82) is 0 Å². The van der Waals surface area contributed by atoms with Crippen LogP contribution in [-0.2, 0) is 4.79 Å². The molecule has 1 heterocycles. The van der Waals surface area contributed by atoms with Gasteiger partial charge in [0.1, 0.15) is 11.4 Å². The molecule has 2 rings (SSSR count). The van der Waals surface area contributed by atoms with Crippen molar-refractivity contribution in [3.05, 3.63) is 35.5 Å². The van der Waals surface area contributed by atoms with Crippen molar-refractivity contribution < 1.29 is 9.90 Å². The van der Waals surface area contributed by atoms with E-state index in [-0.39, 0.29) is 11.7 Å². The van der Waals surface area contributed by atoms with Crippen molar-refractivity contribution in [2.75, 3.05) is 6.54 Å². The largest absolute Gasteiger partial charge is 0.508 e. The maximum atomic E-state index is 11.6. The SMILES string of the molecule is CCCN=C1NC(=O)/C(=C/c2ccc(O)cc2)N1. The zero-order valence-electron chi connectivity index (χ0n) is 10.1. The Labute approximate surface area is 105 Å². The second-order valence-electron chi connectivity index (χ2n) is 3.96. The highest BCUT2D eigenvalue weighted by atomic mass is 16.3. The predicted molar refractivity (Wildman–Crippen MR) is 70.0 cm³/mol. The molecular weight excluding hydrogens is 230 g/mol. The van der Waals surface area contributed by atoms with E-state index in [1.165, 1.54) is 0 Å². The topological polar surface area (TPSA) is 73.7 Å². The number of amides is 1. The number of carbonyl (C=O) groups is 1. The van der Waals surface area contributed by atoms with Crippen molar-refractivity contribution in [3.8, 4) is 5.75 Å². The smallest absolute Gasteiger partial charge is 0.274 e. The Morgan fingerprint density at radius 2 is 2.00 bits per heavy atom. The molecule has 0 saturated carbocycles. The molecule has 1 amide bonds. The van der Waals surface area contributed by atoms with Gasteiger partial charge in [-0.05, 0) is 30.2 Å². The lowest BCUT2D eigenvalue weighted by atomic mass is 10.2. The van der Waals surface area contributed by atoms with Crippen LogP contribution in [0.15, 0.2) is 35.0 Å². The van der Waals surface area contributed by atoms with Gasteiger partial charge in [0, 0.05) is 6.54 Å². The molecule has 1 aliphatic heterocycles. The molecule has 0 unspecified atom stereocenters. The molecule has 18 heavy (non-hydrogen) atoms. The first-order valence-corrected chi connectivity index (χ1v) is 5.82. The minimum absolute atomic E-state index is 0.196. The lowest BCUT2D eigenvalue weighted by Crippen LogP contribution is -2.25. The number of nitrogens with one attached hydrogen (secondary N) is 2. The summed E-state index contributed by atoms with van der Waals surface area (Å²) in [6.45, 7) is 2.70. The van der Waals surface area contributed by atoms with Crippen LogP contribution in [0.25, 0.3) is 6.08 Å². The maximum Gasteiger partial charge on any atom is 0.274 e. The Morgan fingerprint density at radius 1 is 1.28 bits per heavy atom. The minimum atomic E-state index is -0.196. The summed E-state index contributed by atoms with van der Waals surface area (Å²) in [6, 6.07) is 6.62. The molecule has 0 aromatic heterocycles. The van der Waals surface area contributed by atoms with Crippen LogP contribution in [0.5, 0.6) is 5.75 Å². The standard InChI is InChI=1S/C13H15N3O2/c1-2-7-14-13-15-11(12(18)16-13)8-9-3-5-10(17)6-4-9/h3-6,8,17H,2,7H2,1H3,(H2,14,15,16,18)/b11-8-. The van der Waals surface area contributed by atoms with E-state index >= 15 is 0 Å². The van der Waals surface area contributed by atoms with Crippen LogP contribution in [-0.4, -0.2) is 23.5 Å². The molecule has 0 atom stereocenters. The van der Waals surface area contributed by atoms with Gasteiger partial charge in [0.2, 0.25) is 5.96 Å². The van der Waals surface area contributed by atoms with Gasteiger partial charge in [-0.2, -0.15) is 0 Å². The fourth-order valence-corrected chi connectivity index (χ4v) is 1.53. The molecule has 3 N–H and O–H groups in total. The minimum Gasteiger partial charge on any atom is -0.508 e. The average molecular weight is 245 g/mol. The fraction of sp³-hybridized carbons (Fsp3) is 0.231. The molecular formula is C13H15N3O2. The predicted octanol–water partition coefficient (Wildman–Crippen LogP) is 1.22. The quantitative estimate of drug-likeness (QED) is 0.701. The molecule has 1 aromatic rings. The second-order valence-corrected chi connectivity index (χ2v) is 3.96. The van der Waals surface area contributed by atoms with Crippen LogP contribution < -0.4 is 10.6 Å². The van der Waals surface area contributed by atoms with Crippen LogP contribution >= 0.6 is 0 Å². The third-order valence-electron chi connectivity index (χ3n) is 2.43. The van der Waals surface area contributed by atoms with E-state index in [1.807, 2.05) is 6.92 Å². The van der Waals surface area contributed by atoms with Gasteiger partial charge in [0.05, 0.1) is 0 Å². The lowest BCUT2D eigenvalue weighted by molar-refractivity contribution is -0.115. The first-order valence-electron chi connectivity index (χ1n) is 5.82. The van der Waals surface area contributed by atoms with Crippen LogP contribution in [0.1, 0.15) is 18.9 Å². The second kappa shape index (κ2) is 5.35. The van der Waals surface area contributed by atoms with Gasteiger partial charge in [-0.15, -0.1) is 0 Å². The summed E-state index contributed by atoms with van der Waals surface area (Å²) < 4.78 is 0. The average Bonchev–Trinajstić information content (AvgIpc) is 2.70. The summed E-state index contributed by atoms with van der Waals surface area (Å²) in [5, 5.41) is 14.8. The molecule has 1 fully saturated rings. The Bertz CT molecular complexity index is 503. The summed E-state index contributed by atoms with van der Waals surface area (Å²) in [6.07, 6.45) is 2.64. The highest BCUT2D eigenvalue weighted by molar-refractivity contribution is 6.15. The Hall–Kier alpha value is -2.30. The van der Waals surface area contributed by atoms with E-state index in [9.17, 15) is 9.90 Å². The number of phenols is 1. The third kappa shape index (κ3) is 2.88. The van der Waals surface area contributed by atoms with Gasteiger partial charge >= 0.3 is 0 Å². The molecule has 5 heteroatoms. The number of nitrogens with zero attached hydrogens (tertiary/aromatic N) is 1. The molecule has 1 aromatic carbocycles. The molecule has 0 radical (unpaired) electrons. The zero-order valence-corrected chi connectivity index (χ0v) is 10.1. The fourth-order valence-electron chi connectivity index (χ4n) is 1.53. The van der Waals surface area contributed by atoms with Gasteiger partial charge in [-0.25, -0.2) is 0 Å². The van der Waals surface area contributed by atoms with E-state index < -0.39 is 0 Å². The van der Waals surface area contributed by atoms with Crippen molar-refractivity contribution in [1.82, 2.24) is 10.6 Å². The van der Waals surface area contributed by atoms with Gasteiger partial charge < -0.3 is 10.4 Å². The molecule has 1 aliphatic rings. The monoisotopic (exact) mass is 245 g/mol. The zero-order chi connectivity index (χ0) is 13.0. The van der Waals surface area contributed by atoms with E-state index in [2.05, 4.69) is 15.6 Å². The van der Waals surface area contributed by atoms with E-state index in [0.717, 1.165) is 12.0 Å². The molecule has 0 aliphatic carbocycles. The Morgan fingerprint density at radius 3 is 2.67 bits per heavy atom. The number of guanidine groups is 1. The number of phenolic OH excluding ortho intramolecular Hbond substituents is 1. The van der Waals surface area contributed by atoms with E-state index in [1.54, 1.807) is 30.3 Å². The van der Waals surface area contributed by atoms with Gasteiger partial charge in [-0.1, -0.05) is 19.1 Å². The van der Waals surface area contributed by atoms with E-state index in [4.69, 9.17) is 0 Å². The highest BCUT2D eigenvalue weighted by Crippen LogP contribution is 2.13. The first-order chi connectivity index (χ1) is 8.69. The van der Waals surface area contributed by atoms with Crippen LogP contribution in [0.4, 0.5) is 0 Å². The molecule has 5 nitrogen and oxygen atoms in total. The molecule has 0 bridgehead atoms. The van der Waals surface area contributed by atoms with Crippen LogP contribution in [0.2, 0.25) is 0 Å². The number of aliphatic imine (C=N–C) groups is 1. The maximum absolute atomic E-state index is 11.6. The molecule has 1 saturated heterocycles. The Balaban J connectivity index is 2.14. The number of carbonyl (C=O) groups excluding carboxylic acids is 1. The molecule has 0 spiro atoms. The summed E-state index contributed by atoms with van der Waals surface area (Å²) in [5.74, 6) is 0.496. The lowest BCUT2D eigenvalue weighted by Gasteiger charge is -1.97. The number of aromatic hydroxyl groups is 1. The van der Waals surface area contributed by atoms with Crippen LogP contribution in [0, 0.1) is 0 Å².